The lowest BCUT2D eigenvalue weighted by Crippen LogP contribution is -2.54. The number of aliphatic hydroxyl groups is 2. The Morgan fingerprint density at radius 2 is 1.65 bits per heavy atom. The van der Waals surface area contributed by atoms with Crippen molar-refractivity contribution in [3.05, 3.63) is 0 Å². The van der Waals surface area contributed by atoms with Gasteiger partial charge in [-0.15, -0.1) is 0 Å². The highest BCUT2D eigenvalue weighted by atomic mass is 16.6. The van der Waals surface area contributed by atoms with E-state index in [0.717, 1.165) is 56.3 Å². The molecule has 5 aliphatic rings. The van der Waals surface area contributed by atoms with Crippen LogP contribution in [0.25, 0.3) is 0 Å². The van der Waals surface area contributed by atoms with Crippen LogP contribution >= 0.6 is 0 Å². The third-order valence-electron chi connectivity index (χ3n) is 14.6. The van der Waals surface area contributed by atoms with Crippen LogP contribution in [-0.2, 0) is 23.8 Å². The summed E-state index contributed by atoms with van der Waals surface area (Å²) in [6.07, 6.45) is 13.0. The van der Waals surface area contributed by atoms with E-state index in [2.05, 4.69) is 31.4 Å². The van der Waals surface area contributed by atoms with Gasteiger partial charge in [0.1, 0.15) is 12.3 Å². The minimum atomic E-state index is -0.884. The summed E-state index contributed by atoms with van der Waals surface area (Å²) >= 11 is 0. The lowest BCUT2D eigenvalue weighted by atomic mass is 9.44. The van der Waals surface area contributed by atoms with Gasteiger partial charge in [0.15, 0.2) is 0 Å². The summed E-state index contributed by atoms with van der Waals surface area (Å²) in [5, 5.41) is 25.5. The molecule has 4 aliphatic carbocycles. The Bertz CT molecular complexity index is 1170. The van der Waals surface area contributed by atoms with Gasteiger partial charge in [0.05, 0.1) is 18.8 Å². The van der Waals surface area contributed by atoms with Gasteiger partial charge in [0.25, 0.3) is 0 Å². The number of likely N-dealkylation sites (tertiary alicyclic amines) is 1. The van der Waals surface area contributed by atoms with Crippen molar-refractivity contribution in [1.82, 2.24) is 15.5 Å². The molecule has 1 aliphatic heterocycles. The van der Waals surface area contributed by atoms with Gasteiger partial charge in [-0.2, -0.15) is 0 Å². The molecule has 1 saturated heterocycles. The number of methoxy groups -OCH3 is 2. The first-order valence-corrected chi connectivity index (χ1v) is 20.3. The van der Waals surface area contributed by atoms with Crippen molar-refractivity contribution in [2.45, 2.75) is 148 Å². The molecule has 5 fully saturated rings. The molecule has 1 heterocycles. The van der Waals surface area contributed by atoms with Crippen LogP contribution in [0.5, 0.6) is 0 Å². The van der Waals surface area contributed by atoms with Gasteiger partial charge >= 0.3 is 6.09 Å². The number of nitrogens with zero attached hydrogens (tertiary/aromatic N) is 1. The second kappa shape index (κ2) is 17.9. The molecule has 0 radical (unpaired) electrons. The van der Waals surface area contributed by atoms with E-state index >= 15 is 0 Å². The number of ether oxygens (including phenoxy) is 3. The second-order valence-electron chi connectivity index (χ2n) is 17.5. The Balaban J connectivity index is 1.02. The van der Waals surface area contributed by atoms with Crippen molar-refractivity contribution >= 4 is 17.9 Å². The number of carbonyl (C=O) groups excluding carboxylic acids is 3. The molecule has 0 spiro atoms. The molecular weight excluding hydrogens is 650 g/mol. The molecule has 51 heavy (non-hydrogen) atoms. The molecule has 0 aromatic heterocycles. The van der Waals surface area contributed by atoms with Crippen LogP contribution in [-0.4, -0.2) is 98.0 Å². The first-order chi connectivity index (χ1) is 24.4. The largest absolute Gasteiger partial charge is 0.446 e. The minimum Gasteiger partial charge on any atom is -0.446 e. The number of amides is 3. The molecule has 4 saturated carbocycles. The third-order valence-corrected chi connectivity index (χ3v) is 14.6. The van der Waals surface area contributed by atoms with Crippen LogP contribution in [0, 0.1) is 46.3 Å². The molecule has 11 nitrogen and oxygen atoms in total. The maximum absolute atomic E-state index is 12.7. The molecule has 4 unspecified atom stereocenters. The lowest BCUT2D eigenvalue weighted by molar-refractivity contribution is -0.138. The second-order valence-corrected chi connectivity index (χ2v) is 17.5. The van der Waals surface area contributed by atoms with Crippen molar-refractivity contribution in [2.24, 2.45) is 46.3 Å². The number of β-amino-alcohol motifs (C(OH)–C–C–N with tert-alkyl or cyclic N) is 1. The molecule has 0 bridgehead atoms. The third kappa shape index (κ3) is 9.41. The summed E-state index contributed by atoms with van der Waals surface area (Å²) in [5.41, 5.74) is 0.666. The van der Waals surface area contributed by atoms with Gasteiger partial charge in [-0.25, -0.2) is 4.79 Å². The van der Waals surface area contributed by atoms with E-state index in [1.807, 2.05) is 0 Å². The summed E-state index contributed by atoms with van der Waals surface area (Å²) in [4.78, 5) is 39.1. The first kappa shape index (κ1) is 40.2. The van der Waals surface area contributed by atoms with Gasteiger partial charge in [-0.3, -0.25) is 9.59 Å². The standard InChI is InChI=1S/C40H69N3O8/c1-26(10-15-35(45)42-23-30(50-5)25-49-4)32-13-14-33-31-12-11-27-21-29(16-18-39(27,2)34(31)17-19-40(32,33)3)51-38(48)41-20-8-6-7-9-36(46)43-24-28(44)22-37(43)47/h26-34,37,44,47H,6-25H2,1-5H3,(H,41,48)(H,42,45)/t26-,27-,28-,29-,30?,31?,32-,33?,34?,37-,39+,40-/m1/s1. The van der Waals surface area contributed by atoms with Crippen molar-refractivity contribution in [3.63, 3.8) is 0 Å². The predicted octanol–water partition coefficient (Wildman–Crippen LogP) is 5.41. The topological polar surface area (TPSA) is 147 Å². The molecule has 11 heteroatoms. The molecule has 12 atom stereocenters. The zero-order valence-electron chi connectivity index (χ0n) is 32.2. The first-order valence-electron chi connectivity index (χ1n) is 20.3. The minimum absolute atomic E-state index is 0.0254. The Kier molecular flexibility index (Phi) is 14.1. The number of fused-ring (bicyclic) bond motifs is 5. The number of rotatable bonds is 16. The lowest BCUT2D eigenvalue weighted by Gasteiger charge is -2.61. The number of aliphatic hydroxyl groups excluding tert-OH is 2. The molecule has 292 valence electrons. The van der Waals surface area contributed by atoms with Gasteiger partial charge < -0.3 is 40.0 Å². The van der Waals surface area contributed by atoms with Crippen LogP contribution in [0.3, 0.4) is 0 Å². The van der Waals surface area contributed by atoms with Crippen LogP contribution in [0.15, 0.2) is 0 Å². The fraction of sp³-hybridized carbons (Fsp3) is 0.925. The van der Waals surface area contributed by atoms with E-state index < -0.39 is 12.3 Å². The number of unbranched alkanes of at least 4 members (excludes halogenated alkanes) is 2. The quantitative estimate of drug-likeness (QED) is 0.155. The van der Waals surface area contributed by atoms with E-state index in [9.17, 15) is 24.6 Å². The highest BCUT2D eigenvalue weighted by molar-refractivity contribution is 5.76. The van der Waals surface area contributed by atoms with Crippen molar-refractivity contribution in [2.75, 3.05) is 40.5 Å². The Morgan fingerprint density at radius 3 is 2.37 bits per heavy atom. The molecular formula is C40H69N3O8. The number of alkyl carbamates (subject to hydrolysis) is 1. The SMILES string of the molecule is COCC(CNC(=O)CC[C@@H](C)[C@H]1CCC2C3CC[C@@H]4C[C@H](OC(=O)NCCCCCC(=O)N5C[C@H](O)C[C@H]5O)CC[C@]4(C)C3CC[C@@]21C)OC. The van der Waals surface area contributed by atoms with Crippen molar-refractivity contribution in [1.29, 1.82) is 0 Å². The Labute approximate surface area is 306 Å². The highest BCUT2D eigenvalue weighted by Gasteiger charge is 2.60. The highest BCUT2D eigenvalue weighted by Crippen LogP contribution is 2.68. The molecule has 3 amide bonds. The predicted molar refractivity (Wildman–Crippen MR) is 194 cm³/mol. The average molecular weight is 720 g/mol. The summed E-state index contributed by atoms with van der Waals surface area (Å²) in [6, 6.07) is 0. The Hall–Kier alpha value is -1.95. The van der Waals surface area contributed by atoms with E-state index in [4.69, 9.17) is 14.2 Å². The van der Waals surface area contributed by atoms with Crippen LogP contribution in [0.1, 0.15) is 124 Å². The van der Waals surface area contributed by atoms with Crippen LogP contribution < -0.4 is 10.6 Å². The van der Waals surface area contributed by atoms with Crippen molar-refractivity contribution in [3.8, 4) is 0 Å². The van der Waals surface area contributed by atoms with E-state index in [1.165, 1.54) is 43.4 Å². The zero-order chi connectivity index (χ0) is 36.8. The fourth-order valence-corrected chi connectivity index (χ4v) is 11.7. The summed E-state index contributed by atoms with van der Waals surface area (Å²) < 4.78 is 16.5. The summed E-state index contributed by atoms with van der Waals surface area (Å²) in [5.74, 6) is 4.07. The normalized spacial score (nSPS) is 37.1. The summed E-state index contributed by atoms with van der Waals surface area (Å²) in [7, 11) is 3.29. The number of hydrogen-bond acceptors (Lipinski definition) is 8. The number of hydrogen-bond donors (Lipinski definition) is 4. The van der Waals surface area contributed by atoms with Crippen LogP contribution in [0.4, 0.5) is 4.79 Å². The van der Waals surface area contributed by atoms with Gasteiger partial charge in [0, 0.05) is 53.1 Å². The monoisotopic (exact) mass is 720 g/mol. The zero-order valence-corrected chi connectivity index (χ0v) is 32.2. The average Bonchev–Trinajstić information content (AvgIpc) is 3.64. The van der Waals surface area contributed by atoms with Crippen molar-refractivity contribution < 1.29 is 38.8 Å². The van der Waals surface area contributed by atoms with E-state index in [0.29, 0.717) is 67.5 Å². The van der Waals surface area contributed by atoms with Gasteiger partial charge in [-0.05, 0) is 123 Å². The fourth-order valence-electron chi connectivity index (χ4n) is 11.7. The Morgan fingerprint density at radius 1 is 0.882 bits per heavy atom. The van der Waals surface area contributed by atoms with E-state index in [-0.39, 0.29) is 43.1 Å². The van der Waals surface area contributed by atoms with Crippen LogP contribution in [0.2, 0.25) is 0 Å². The molecule has 4 N–H and O–H groups in total. The molecule has 0 aromatic carbocycles. The maximum Gasteiger partial charge on any atom is 0.407 e. The smallest absolute Gasteiger partial charge is 0.407 e. The maximum atomic E-state index is 12.7. The number of carbonyl (C=O) groups is 3. The molecule has 5 rings (SSSR count). The molecule has 0 aromatic rings. The van der Waals surface area contributed by atoms with Gasteiger partial charge in [0.2, 0.25) is 11.8 Å². The van der Waals surface area contributed by atoms with Gasteiger partial charge in [-0.1, -0.05) is 27.2 Å². The summed E-state index contributed by atoms with van der Waals surface area (Å²) in [6.45, 7) is 9.20. The van der Waals surface area contributed by atoms with E-state index in [1.54, 1.807) is 14.2 Å². The number of nitrogens with one attached hydrogen (secondary N) is 2.